The molecule has 2 saturated heterocycles. The molecule has 1 amide bonds. The predicted molar refractivity (Wildman–Crippen MR) is 141 cm³/mol. The van der Waals surface area contributed by atoms with Crippen molar-refractivity contribution in [2.24, 2.45) is 5.92 Å². The lowest BCUT2D eigenvalue weighted by molar-refractivity contribution is 0.0524. The topological polar surface area (TPSA) is 90.3 Å². The number of benzene rings is 1. The Hall–Kier alpha value is -3.56. The molecule has 0 bridgehead atoms. The molecule has 5 rings (SSSR count). The number of carbonyl (C=O) groups excluding carboxylic acids is 2. The minimum atomic E-state index is -0.719. The highest BCUT2D eigenvalue weighted by Gasteiger charge is 2.43. The van der Waals surface area contributed by atoms with E-state index in [1.165, 1.54) is 18.3 Å². The Morgan fingerprint density at radius 3 is 2.63 bits per heavy atom. The standard InChI is InChI=1S/C28H34FN3O6/c1-4-12-38-28(35)31-11-7-8-17-14-30(16-22(17)31)24-21(29)13-19-23(26(24)36-5-2)32(18-9-10-18)15-20(25(19)33)27(34)37-6-3/h4,13,15,17-18,22H,1,5-12,14,16H2,2-3H3/t17-,22+/m0/s1. The van der Waals surface area contributed by atoms with Gasteiger partial charge in [0.1, 0.15) is 17.9 Å². The van der Waals surface area contributed by atoms with Crippen molar-refractivity contribution in [1.82, 2.24) is 9.47 Å². The molecular weight excluding hydrogens is 493 g/mol. The average Bonchev–Trinajstić information content (AvgIpc) is 3.65. The van der Waals surface area contributed by atoms with Crippen molar-refractivity contribution in [2.75, 3.05) is 44.4 Å². The number of aromatic nitrogens is 1. The molecule has 1 aliphatic carbocycles. The molecule has 2 atom stereocenters. The molecule has 9 nitrogen and oxygen atoms in total. The summed E-state index contributed by atoms with van der Waals surface area (Å²) >= 11 is 0. The number of hydrogen-bond donors (Lipinski definition) is 0. The Morgan fingerprint density at radius 1 is 1.16 bits per heavy atom. The number of amides is 1. The Labute approximate surface area is 220 Å². The number of fused-ring (bicyclic) bond motifs is 2. The van der Waals surface area contributed by atoms with Gasteiger partial charge in [-0.05, 0) is 51.5 Å². The summed E-state index contributed by atoms with van der Waals surface area (Å²) in [7, 11) is 0. The van der Waals surface area contributed by atoms with Crippen LogP contribution >= 0.6 is 0 Å². The third kappa shape index (κ3) is 4.61. The fraction of sp³-hybridized carbons (Fsp3) is 0.536. The number of anilines is 1. The highest BCUT2D eigenvalue weighted by molar-refractivity contribution is 5.97. The third-order valence-corrected chi connectivity index (χ3v) is 7.58. The quantitative estimate of drug-likeness (QED) is 0.374. The molecule has 1 aromatic carbocycles. The monoisotopic (exact) mass is 527 g/mol. The summed E-state index contributed by atoms with van der Waals surface area (Å²) in [4.78, 5) is 42.3. The van der Waals surface area contributed by atoms with Gasteiger partial charge in [0.05, 0.1) is 30.2 Å². The molecule has 0 unspecified atom stereocenters. The second-order valence-electron chi connectivity index (χ2n) is 10.0. The summed E-state index contributed by atoms with van der Waals surface area (Å²) in [5, 5.41) is 0.0957. The Kier molecular flexibility index (Phi) is 7.32. The molecular formula is C28H34FN3O6. The summed E-state index contributed by atoms with van der Waals surface area (Å²) in [6.07, 6.45) is 6.20. The Morgan fingerprint density at radius 2 is 1.95 bits per heavy atom. The average molecular weight is 528 g/mol. The number of halogens is 1. The van der Waals surface area contributed by atoms with Crippen LogP contribution < -0.4 is 15.1 Å². The number of carbonyl (C=O) groups is 2. The molecule has 1 aromatic heterocycles. The largest absolute Gasteiger partial charge is 0.489 e. The van der Waals surface area contributed by atoms with E-state index >= 15 is 4.39 Å². The van der Waals surface area contributed by atoms with Crippen molar-refractivity contribution < 1.29 is 28.2 Å². The number of likely N-dealkylation sites (tertiary alicyclic amines) is 1. The molecule has 0 N–H and O–H groups in total. The SMILES string of the molecule is C=CCOC(=O)N1CCC[C@H]2CN(c3c(F)cc4c(=O)c(C(=O)OCC)cn(C5CC5)c4c3OCC)C[C@H]21. The van der Waals surface area contributed by atoms with E-state index in [4.69, 9.17) is 14.2 Å². The van der Waals surface area contributed by atoms with E-state index in [2.05, 4.69) is 6.58 Å². The fourth-order valence-electron chi connectivity index (χ4n) is 5.82. The lowest BCUT2D eigenvalue weighted by Crippen LogP contribution is -2.48. The van der Waals surface area contributed by atoms with Crippen LogP contribution in [0.2, 0.25) is 0 Å². The van der Waals surface area contributed by atoms with E-state index < -0.39 is 17.2 Å². The van der Waals surface area contributed by atoms with Crippen LogP contribution in [0.15, 0.2) is 29.7 Å². The number of pyridine rings is 1. The summed E-state index contributed by atoms with van der Waals surface area (Å²) in [5.41, 5.74) is 0.0847. The van der Waals surface area contributed by atoms with Gasteiger partial charge in [0.15, 0.2) is 11.6 Å². The van der Waals surface area contributed by atoms with Gasteiger partial charge in [-0.2, -0.15) is 0 Å². The first-order valence-corrected chi connectivity index (χ1v) is 13.4. The molecule has 2 aromatic rings. The number of nitrogens with zero attached hydrogens (tertiary/aromatic N) is 3. The molecule has 3 fully saturated rings. The summed E-state index contributed by atoms with van der Waals surface area (Å²) in [6, 6.07) is 1.18. The third-order valence-electron chi connectivity index (χ3n) is 7.58. The van der Waals surface area contributed by atoms with E-state index in [0.717, 1.165) is 25.7 Å². The van der Waals surface area contributed by atoms with Gasteiger partial charge in [0, 0.05) is 31.9 Å². The van der Waals surface area contributed by atoms with Crippen LogP contribution in [0.25, 0.3) is 10.9 Å². The van der Waals surface area contributed by atoms with E-state index in [9.17, 15) is 14.4 Å². The summed E-state index contributed by atoms with van der Waals surface area (Å²) < 4.78 is 34.3. The van der Waals surface area contributed by atoms with Crippen molar-refractivity contribution in [3.05, 3.63) is 46.5 Å². The van der Waals surface area contributed by atoms with Gasteiger partial charge in [0.2, 0.25) is 5.43 Å². The van der Waals surface area contributed by atoms with E-state index in [1.54, 1.807) is 11.8 Å². The molecule has 10 heteroatoms. The number of piperidine rings is 1. The maximum Gasteiger partial charge on any atom is 0.410 e. The minimum Gasteiger partial charge on any atom is -0.489 e. The molecule has 2 aliphatic heterocycles. The zero-order chi connectivity index (χ0) is 27.0. The molecule has 204 valence electrons. The van der Waals surface area contributed by atoms with Gasteiger partial charge in [-0.3, -0.25) is 4.79 Å². The molecule has 3 aliphatic rings. The molecule has 0 radical (unpaired) electrons. The van der Waals surface area contributed by atoms with Crippen LogP contribution in [0.4, 0.5) is 14.9 Å². The molecule has 0 spiro atoms. The van der Waals surface area contributed by atoms with E-state index in [0.29, 0.717) is 30.9 Å². The summed E-state index contributed by atoms with van der Waals surface area (Å²) in [5.74, 6) is -0.869. The number of ether oxygens (including phenoxy) is 3. The van der Waals surface area contributed by atoms with Gasteiger partial charge in [-0.1, -0.05) is 12.7 Å². The van der Waals surface area contributed by atoms with Gasteiger partial charge in [0.25, 0.3) is 0 Å². The number of rotatable bonds is 8. The first-order chi connectivity index (χ1) is 18.4. The van der Waals surface area contributed by atoms with Crippen LogP contribution in [0.1, 0.15) is 55.9 Å². The summed E-state index contributed by atoms with van der Waals surface area (Å²) in [6.45, 7) is 9.18. The smallest absolute Gasteiger partial charge is 0.410 e. The zero-order valence-electron chi connectivity index (χ0n) is 21.9. The molecule has 38 heavy (non-hydrogen) atoms. The zero-order valence-corrected chi connectivity index (χ0v) is 21.9. The minimum absolute atomic E-state index is 0.0834. The van der Waals surface area contributed by atoms with Crippen molar-refractivity contribution in [3.8, 4) is 5.75 Å². The number of hydrogen-bond acceptors (Lipinski definition) is 7. The van der Waals surface area contributed by atoms with Gasteiger partial charge in [-0.25, -0.2) is 14.0 Å². The van der Waals surface area contributed by atoms with Crippen LogP contribution in [0, 0.1) is 11.7 Å². The Balaban J connectivity index is 1.60. The molecule has 3 heterocycles. The van der Waals surface area contributed by atoms with Crippen molar-refractivity contribution >= 4 is 28.7 Å². The van der Waals surface area contributed by atoms with Crippen LogP contribution in [-0.2, 0) is 9.47 Å². The van der Waals surface area contributed by atoms with Crippen molar-refractivity contribution in [3.63, 3.8) is 0 Å². The van der Waals surface area contributed by atoms with Gasteiger partial charge >= 0.3 is 12.1 Å². The highest BCUT2D eigenvalue weighted by atomic mass is 19.1. The van der Waals surface area contributed by atoms with E-state index in [-0.39, 0.29) is 60.6 Å². The van der Waals surface area contributed by atoms with Crippen LogP contribution in [0.5, 0.6) is 5.75 Å². The van der Waals surface area contributed by atoms with Crippen LogP contribution in [0.3, 0.4) is 0 Å². The van der Waals surface area contributed by atoms with Gasteiger partial charge < -0.3 is 28.6 Å². The lowest BCUT2D eigenvalue weighted by Gasteiger charge is -2.35. The number of esters is 1. The maximum absolute atomic E-state index is 16.0. The fourth-order valence-corrected chi connectivity index (χ4v) is 5.82. The van der Waals surface area contributed by atoms with Crippen molar-refractivity contribution in [1.29, 1.82) is 0 Å². The van der Waals surface area contributed by atoms with Gasteiger partial charge in [-0.15, -0.1) is 0 Å². The molecule has 1 saturated carbocycles. The lowest BCUT2D eigenvalue weighted by atomic mass is 9.92. The first-order valence-electron chi connectivity index (χ1n) is 13.4. The second-order valence-corrected chi connectivity index (χ2v) is 10.0. The predicted octanol–water partition coefficient (Wildman–Crippen LogP) is 4.27. The normalized spacial score (nSPS) is 20.8. The Bertz CT molecular complexity index is 1320. The van der Waals surface area contributed by atoms with Crippen LogP contribution in [-0.4, -0.2) is 67.0 Å². The highest BCUT2D eigenvalue weighted by Crippen LogP contribution is 2.45. The van der Waals surface area contributed by atoms with Crippen molar-refractivity contribution in [2.45, 2.75) is 51.6 Å². The van der Waals surface area contributed by atoms with E-state index in [1.807, 2.05) is 16.4 Å². The maximum atomic E-state index is 16.0. The second kappa shape index (κ2) is 10.7. The first kappa shape index (κ1) is 26.1.